The number of aryl methyl sites for hydroxylation is 1. The zero-order valence-electron chi connectivity index (χ0n) is 14.1. The molecule has 3 amide bonds. The Bertz CT molecular complexity index is 990. The van der Waals surface area contributed by atoms with E-state index in [2.05, 4.69) is 10.6 Å². The lowest BCUT2D eigenvalue weighted by Crippen LogP contribution is -2.33. The maximum absolute atomic E-state index is 13.6. The number of nitrogens with zero attached hydrogens (tertiary/aromatic N) is 1. The van der Waals surface area contributed by atoms with Gasteiger partial charge in [-0.3, -0.25) is 14.4 Å². The van der Waals surface area contributed by atoms with Gasteiger partial charge in [0.1, 0.15) is 11.6 Å². The Morgan fingerprint density at radius 1 is 0.926 bits per heavy atom. The first-order valence-electron chi connectivity index (χ1n) is 8.46. The van der Waals surface area contributed by atoms with Gasteiger partial charge in [0.2, 0.25) is 5.91 Å². The van der Waals surface area contributed by atoms with Crippen molar-refractivity contribution in [3.05, 3.63) is 53.1 Å². The van der Waals surface area contributed by atoms with E-state index < -0.39 is 23.4 Å². The fourth-order valence-electron chi connectivity index (χ4n) is 3.49. The van der Waals surface area contributed by atoms with Gasteiger partial charge < -0.3 is 15.5 Å². The molecule has 0 bridgehead atoms. The number of hydrogen-bond donors (Lipinski definition) is 2. The van der Waals surface area contributed by atoms with Gasteiger partial charge in [0.05, 0.1) is 11.4 Å². The first-order valence-corrected chi connectivity index (χ1v) is 8.46. The second-order valence-electron chi connectivity index (χ2n) is 6.47. The van der Waals surface area contributed by atoms with Crippen LogP contribution in [0.5, 0.6) is 0 Å². The summed E-state index contributed by atoms with van der Waals surface area (Å²) in [5.74, 6) is -3.68. The van der Waals surface area contributed by atoms with E-state index in [9.17, 15) is 23.2 Å². The summed E-state index contributed by atoms with van der Waals surface area (Å²) >= 11 is 0. The highest BCUT2D eigenvalue weighted by molar-refractivity contribution is 6.43. The van der Waals surface area contributed by atoms with Gasteiger partial charge in [-0.1, -0.05) is 0 Å². The first kappa shape index (κ1) is 17.1. The smallest absolute Gasteiger partial charge is 0.314 e. The maximum Gasteiger partial charge on any atom is 0.314 e. The quantitative estimate of drug-likeness (QED) is 0.796. The highest BCUT2D eigenvalue weighted by atomic mass is 19.1. The summed E-state index contributed by atoms with van der Waals surface area (Å²) in [7, 11) is 0. The third-order valence-electron chi connectivity index (χ3n) is 4.70. The normalized spacial score (nSPS) is 14.7. The minimum Gasteiger partial charge on any atom is -0.318 e. The second-order valence-corrected chi connectivity index (χ2v) is 6.47. The molecule has 0 atom stereocenters. The molecule has 4 rings (SSSR count). The minimum atomic E-state index is -1.06. The lowest BCUT2D eigenvalue weighted by Gasteiger charge is -2.25. The Balaban J connectivity index is 1.50. The molecule has 0 saturated heterocycles. The van der Waals surface area contributed by atoms with Gasteiger partial charge in [-0.05, 0) is 48.2 Å². The van der Waals surface area contributed by atoms with E-state index in [-0.39, 0.29) is 11.6 Å². The first-order chi connectivity index (χ1) is 12.9. The summed E-state index contributed by atoms with van der Waals surface area (Å²) in [4.78, 5) is 37.9. The number of rotatable bonds is 2. The van der Waals surface area contributed by atoms with Crippen LogP contribution in [-0.2, 0) is 27.2 Å². The van der Waals surface area contributed by atoms with E-state index in [4.69, 9.17) is 0 Å². The topological polar surface area (TPSA) is 78.5 Å². The van der Waals surface area contributed by atoms with E-state index in [0.717, 1.165) is 28.9 Å². The molecule has 2 heterocycles. The average Bonchev–Trinajstić information content (AvgIpc) is 3.06. The van der Waals surface area contributed by atoms with Crippen LogP contribution >= 0.6 is 0 Å². The van der Waals surface area contributed by atoms with Crippen LogP contribution in [0, 0.1) is 11.6 Å². The molecule has 0 radical (unpaired) electrons. The molecule has 0 aromatic heterocycles. The molecule has 2 N–H and O–H groups in total. The van der Waals surface area contributed by atoms with E-state index >= 15 is 0 Å². The largest absolute Gasteiger partial charge is 0.318 e. The van der Waals surface area contributed by atoms with Crippen LogP contribution in [0.4, 0.5) is 25.8 Å². The monoisotopic (exact) mass is 371 g/mol. The third-order valence-corrected chi connectivity index (χ3v) is 4.70. The van der Waals surface area contributed by atoms with Gasteiger partial charge >= 0.3 is 11.8 Å². The molecular weight excluding hydrogens is 356 g/mol. The zero-order valence-corrected chi connectivity index (χ0v) is 14.1. The number of carbonyl (C=O) groups is 3. The number of halogens is 2. The van der Waals surface area contributed by atoms with Crippen LogP contribution < -0.4 is 15.5 Å². The van der Waals surface area contributed by atoms with Gasteiger partial charge in [0.25, 0.3) is 0 Å². The second kappa shape index (κ2) is 6.46. The molecule has 0 aliphatic carbocycles. The number of benzene rings is 2. The Morgan fingerprint density at radius 2 is 1.63 bits per heavy atom. The molecule has 2 aliphatic rings. The number of amides is 3. The van der Waals surface area contributed by atoms with Crippen LogP contribution in [0.2, 0.25) is 0 Å². The molecule has 6 nitrogen and oxygen atoms in total. The minimum absolute atomic E-state index is 0.0961. The van der Waals surface area contributed by atoms with Gasteiger partial charge in [0, 0.05) is 24.7 Å². The SMILES string of the molecule is O=C(Nc1cc2c3c(c1)CCN3C(=O)CC2)C(=O)Nc1ccc(F)cc1F. The van der Waals surface area contributed by atoms with Crippen molar-refractivity contribution in [2.75, 3.05) is 22.1 Å². The molecule has 2 aliphatic heterocycles. The molecule has 138 valence electrons. The predicted octanol–water partition coefficient (Wildman–Crippen LogP) is 2.38. The molecular formula is C19H15F2N3O3. The molecule has 0 spiro atoms. The van der Waals surface area contributed by atoms with Crippen molar-refractivity contribution in [3.63, 3.8) is 0 Å². The lowest BCUT2D eigenvalue weighted by atomic mass is 9.98. The van der Waals surface area contributed by atoms with Gasteiger partial charge in [0.15, 0.2) is 0 Å². The molecule has 2 aromatic rings. The van der Waals surface area contributed by atoms with E-state index in [1.54, 1.807) is 17.0 Å². The van der Waals surface area contributed by atoms with Gasteiger partial charge in [-0.2, -0.15) is 0 Å². The molecule has 2 aromatic carbocycles. The summed E-state index contributed by atoms with van der Waals surface area (Å²) < 4.78 is 26.5. The van der Waals surface area contributed by atoms with Crippen LogP contribution in [0.1, 0.15) is 17.5 Å². The van der Waals surface area contributed by atoms with Crippen molar-refractivity contribution in [3.8, 4) is 0 Å². The Morgan fingerprint density at radius 3 is 2.37 bits per heavy atom. The van der Waals surface area contributed by atoms with Crippen molar-refractivity contribution in [2.45, 2.75) is 19.3 Å². The van der Waals surface area contributed by atoms with Gasteiger partial charge in [-0.15, -0.1) is 0 Å². The molecule has 0 saturated carbocycles. The Hall–Kier alpha value is -3.29. The van der Waals surface area contributed by atoms with Crippen molar-refractivity contribution in [1.82, 2.24) is 0 Å². The highest BCUT2D eigenvalue weighted by Gasteiger charge is 2.31. The lowest BCUT2D eigenvalue weighted by molar-refractivity contribution is -0.133. The zero-order chi connectivity index (χ0) is 19.1. The molecule has 0 fully saturated rings. The number of nitrogens with one attached hydrogen (secondary N) is 2. The summed E-state index contributed by atoms with van der Waals surface area (Å²) in [5.41, 5.74) is 2.96. The van der Waals surface area contributed by atoms with Crippen LogP contribution in [0.15, 0.2) is 30.3 Å². The average molecular weight is 371 g/mol. The van der Waals surface area contributed by atoms with Crippen LogP contribution in [-0.4, -0.2) is 24.3 Å². The van der Waals surface area contributed by atoms with Crippen molar-refractivity contribution in [1.29, 1.82) is 0 Å². The van der Waals surface area contributed by atoms with Crippen molar-refractivity contribution >= 4 is 34.8 Å². The van der Waals surface area contributed by atoms with Crippen LogP contribution in [0.25, 0.3) is 0 Å². The highest BCUT2D eigenvalue weighted by Crippen LogP contribution is 2.38. The van der Waals surface area contributed by atoms with E-state index in [1.165, 1.54) is 0 Å². The standard InChI is InChI=1S/C19H15F2N3O3/c20-12-2-3-15(14(21)9-12)23-19(27)18(26)22-13-7-10-1-4-16(25)24-6-5-11(8-13)17(10)24/h2-3,7-9H,1,4-6H2,(H,22,26)(H,23,27). The van der Waals surface area contributed by atoms with Gasteiger partial charge in [-0.25, -0.2) is 8.78 Å². The van der Waals surface area contributed by atoms with E-state index in [0.29, 0.717) is 37.6 Å². The van der Waals surface area contributed by atoms with Crippen LogP contribution in [0.3, 0.4) is 0 Å². The summed E-state index contributed by atoms with van der Waals surface area (Å²) in [5, 5.41) is 4.61. The molecule has 8 heteroatoms. The maximum atomic E-state index is 13.6. The summed E-state index contributed by atoms with van der Waals surface area (Å²) in [6.45, 7) is 0.614. The van der Waals surface area contributed by atoms with E-state index in [1.807, 2.05) is 0 Å². The summed E-state index contributed by atoms with van der Waals surface area (Å²) in [6, 6.07) is 6.12. The fraction of sp³-hybridized carbons (Fsp3) is 0.211. The Labute approximate surface area is 153 Å². The fourth-order valence-corrected chi connectivity index (χ4v) is 3.49. The number of hydrogen-bond acceptors (Lipinski definition) is 3. The molecule has 0 unspecified atom stereocenters. The van der Waals surface area contributed by atoms with Crippen molar-refractivity contribution in [2.24, 2.45) is 0 Å². The number of carbonyl (C=O) groups excluding carboxylic acids is 3. The predicted molar refractivity (Wildman–Crippen MR) is 94.4 cm³/mol. The third kappa shape index (κ3) is 3.14. The molecule has 27 heavy (non-hydrogen) atoms. The van der Waals surface area contributed by atoms with Crippen molar-refractivity contribution < 1.29 is 23.2 Å². The summed E-state index contributed by atoms with van der Waals surface area (Å²) in [6.07, 6.45) is 1.67. The number of anilines is 3. The Kier molecular flexibility index (Phi) is 4.10.